The first-order valence-electron chi connectivity index (χ1n) is 5.09. The first kappa shape index (κ1) is 9.77. The molecule has 0 radical (unpaired) electrons. The maximum Gasteiger partial charge on any atom is 0.0700 e. The van der Waals surface area contributed by atoms with Gasteiger partial charge in [0, 0.05) is 24.5 Å². The number of nitrogens with zero attached hydrogens (tertiary/aromatic N) is 2. The molecule has 15 heavy (non-hydrogen) atoms. The van der Waals surface area contributed by atoms with Gasteiger partial charge in [-0.25, -0.2) is 0 Å². The van der Waals surface area contributed by atoms with Gasteiger partial charge in [0.1, 0.15) is 0 Å². The van der Waals surface area contributed by atoms with Crippen LogP contribution < -0.4 is 5.73 Å². The number of anilines is 1. The van der Waals surface area contributed by atoms with Crippen molar-refractivity contribution in [3.8, 4) is 11.1 Å². The summed E-state index contributed by atoms with van der Waals surface area (Å²) in [5, 5.41) is 4.41. The summed E-state index contributed by atoms with van der Waals surface area (Å²) < 4.78 is 1.84. The summed E-state index contributed by atoms with van der Waals surface area (Å²) in [5.74, 6) is 0. The van der Waals surface area contributed by atoms with Crippen LogP contribution in [0.25, 0.3) is 11.1 Å². The van der Waals surface area contributed by atoms with Crippen molar-refractivity contribution in [2.24, 2.45) is 7.05 Å². The molecule has 2 aromatic rings. The molecule has 1 aromatic heterocycles. The number of rotatable bonds is 2. The van der Waals surface area contributed by atoms with E-state index in [-0.39, 0.29) is 0 Å². The van der Waals surface area contributed by atoms with Gasteiger partial charge in [0.15, 0.2) is 0 Å². The summed E-state index contributed by atoms with van der Waals surface area (Å²) in [4.78, 5) is 0. The number of nitrogens with two attached hydrogens (primary N) is 1. The Morgan fingerprint density at radius 2 is 2.20 bits per heavy atom. The van der Waals surface area contributed by atoms with Crippen molar-refractivity contribution >= 4 is 5.69 Å². The van der Waals surface area contributed by atoms with Crippen LogP contribution in [0.5, 0.6) is 0 Å². The van der Waals surface area contributed by atoms with Gasteiger partial charge in [-0.05, 0) is 24.1 Å². The summed E-state index contributed by atoms with van der Waals surface area (Å²) >= 11 is 0. The van der Waals surface area contributed by atoms with Gasteiger partial charge in [-0.15, -0.1) is 0 Å². The minimum Gasteiger partial charge on any atom is -0.399 e. The molecule has 0 saturated heterocycles. The molecule has 2 N–H and O–H groups in total. The number of benzene rings is 1. The Balaban J connectivity index is 2.53. The number of hydrogen-bond donors (Lipinski definition) is 1. The molecule has 0 aliphatic rings. The van der Waals surface area contributed by atoms with E-state index < -0.39 is 0 Å². The monoisotopic (exact) mass is 201 g/mol. The summed E-state index contributed by atoms with van der Waals surface area (Å²) in [6.45, 7) is 2.11. The van der Waals surface area contributed by atoms with Gasteiger partial charge in [-0.1, -0.05) is 19.1 Å². The minimum atomic E-state index is 0.790. The van der Waals surface area contributed by atoms with E-state index in [1.165, 1.54) is 5.56 Å². The van der Waals surface area contributed by atoms with Crippen molar-refractivity contribution in [3.05, 3.63) is 36.2 Å². The maximum absolute atomic E-state index is 5.77. The lowest BCUT2D eigenvalue weighted by molar-refractivity contribution is 0.746. The molecule has 0 amide bonds. The molecule has 3 heteroatoms. The third-order valence-electron chi connectivity index (χ3n) is 2.44. The Bertz CT molecular complexity index is 471. The molecule has 2 rings (SSSR count). The smallest absolute Gasteiger partial charge is 0.0700 e. The van der Waals surface area contributed by atoms with Gasteiger partial charge in [0.05, 0.1) is 5.69 Å². The third-order valence-corrected chi connectivity index (χ3v) is 2.44. The van der Waals surface area contributed by atoms with Crippen LogP contribution in [0.15, 0.2) is 30.5 Å². The van der Waals surface area contributed by atoms with Gasteiger partial charge in [0.2, 0.25) is 0 Å². The third kappa shape index (κ3) is 1.86. The molecule has 0 fully saturated rings. The average Bonchev–Trinajstić information content (AvgIpc) is 2.59. The molecule has 78 valence electrons. The molecule has 0 spiro atoms. The Morgan fingerprint density at radius 3 is 2.87 bits per heavy atom. The van der Waals surface area contributed by atoms with Crippen molar-refractivity contribution in [1.29, 1.82) is 0 Å². The van der Waals surface area contributed by atoms with Crippen LogP contribution in [0.1, 0.15) is 12.6 Å². The van der Waals surface area contributed by atoms with Gasteiger partial charge in [0.25, 0.3) is 0 Å². The van der Waals surface area contributed by atoms with E-state index in [2.05, 4.69) is 18.1 Å². The van der Waals surface area contributed by atoms with E-state index in [4.69, 9.17) is 5.73 Å². The van der Waals surface area contributed by atoms with E-state index in [0.717, 1.165) is 23.4 Å². The second-order valence-corrected chi connectivity index (χ2v) is 3.64. The van der Waals surface area contributed by atoms with E-state index in [1.807, 2.05) is 36.1 Å². The van der Waals surface area contributed by atoms with Crippen LogP contribution in [0.4, 0.5) is 5.69 Å². The van der Waals surface area contributed by atoms with Crippen LogP contribution in [-0.2, 0) is 13.5 Å². The van der Waals surface area contributed by atoms with Gasteiger partial charge >= 0.3 is 0 Å². The molecule has 0 bridgehead atoms. The predicted molar refractivity (Wildman–Crippen MR) is 62.4 cm³/mol. The quantitative estimate of drug-likeness (QED) is 0.757. The van der Waals surface area contributed by atoms with Gasteiger partial charge in [-0.2, -0.15) is 5.10 Å². The zero-order valence-electron chi connectivity index (χ0n) is 9.07. The van der Waals surface area contributed by atoms with E-state index in [9.17, 15) is 0 Å². The van der Waals surface area contributed by atoms with Gasteiger partial charge in [-0.3, -0.25) is 4.68 Å². The zero-order chi connectivity index (χ0) is 10.8. The van der Waals surface area contributed by atoms with Crippen molar-refractivity contribution in [1.82, 2.24) is 9.78 Å². The Morgan fingerprint density at radius 1 is 1.40 bits per heavy atom. The van der Waals surface area contributed by atoms with Crippen LogP contribution in [0.3, 0.4) is 0 Å². The molecule has 1 heterocycles. The zero-order valence-corrected chi connectivity index (χ0v) is 9.07. The fourth-order valence-corrected chi connectivity index (χ4v) is 1.74. The topological polar surface area (TPSA) is 43.8 Å². The van der Waals surface area contributed by atoms with Crippen molar-refractivity contribution < 1.29 is 0 Å². The number of aromatic nitrogens is 2. The van der Waals surface area contributed by atoms with Crippen LogP contribution >= 0.6 is 0 Å². The standard InChI is InChI=1S/C12H15N3/c1-3-12-11(8-15(2)14-12)9-5-4-6-10(13)7-9/h4-8H,3,13H2,1-2H3. The lowest BCUT2D eigenvalue weighted by Crippen LogP contribution is -1.89. The predicted octanol–water partition coefficient (Wildman–Crippen LogP) is 2.23. The van der Waals surface area contributed by atoms with Crippen molar-refractivity contribution in [2.45, 2.75) is 13.3 Å². The second-order valence-electron chi connectivity index (χ2n) is 3.64. The lowest BCUT2D eigenvalue weighted by atomic mass is 10.0. The molecule has 0 atom stereocenters. The highest BCUT2D eigenvalue weighted by atomic mass is 15.2. The Kier molecular flexibility index (Phi) is 2.46. The summed E-state index contributed by atoms with van der Waals surface area (Å²) in [7, 11) is 1.94. The molecule has 3 nitrogen and oxygen atoms in total. The fraction of sp³-hybridized carbons (Fsp3) is 0.250. The average molecular weight is 201 g/mol. The normalized spacial score (nSPS) is 10.5. The summed E-state index contributed by atoms with van der Waals surface area (Å²) in [5.41, 5.74) is 9.98. The first-order valence-corrected chi connectivity index (χ1v) is 5.09. The summed E-state index contributed by atoms with van der Waals surface area (Å²) in [6.07, 6.45) is 2.97. The highest BCUT2D eigenvalue weighted by molar-refractivity contribution is 5.68. The van der Waals surface area contributed by atoms with Crippen molar-refractivity contribution in [2.75, 3.05) is 5.73 Å². The first-order chi connectivity index (χ1) is 7.20. The van der Waals surface area contributed by atoms with Crippen LogP contribution in [0.2, 0.25) is 0 Å². The molecule has 1 aromatic carbocycles. The van der Waals surface area contributed by atoms with Gasteiger partial charge < -0.3 is 5.73 Å². The number of nitrogen functional groups attached to an aromatic ring is 1. The largest absolute Gasteiger partial charge is 0.399 e. The van der Waals surface area contributed by atoms with E-state index in [0.29, 0.717) is 0 Å². The van der Waals surface area contributed by atoms with Crippen molar-refractivity contribution in [3.63, 3.8) is 0 Å². The molecule has 0 aliphatic heterocycles. The second kappa shape index (κ2) is 3.77. The highest BCUT2D eigenvalue weighted by Crippen LogP contribution is 2.24. The lowest BCUT2D eigenvalue weighted by Gasteiger charge is -2.01. The van der Waals surface area contributed by atoms with E-state index in [1.54, 1.807) is 0 Å². The van der Waals surface area contributed by atoms with Crippen LogP contribution in [-0.4, -0.2) is 9.78 Å². The Hall–Kier alpha value is -1.77. The SMILES string of the molecule is CCc1nn(C)cc1-c1cccc(N)c1. The molecular weight excluding hydrogens is 186 g/mol. The molecule has 0 aliphatic carbocycles. The maximum atomic E-state index is 5.77. The minimum absolute atomic E-state index is 0.790. The van der Waals surface area contributed by atoms with E-state index >= 15 is 0 Å². The molecular formula is C12H15N3. The highest BCUT2D eigenvalue weighted by Gasteiger charge is 2.07. The Labute approximate surface area is 89.5 Å². The summed E-state index contributed by atoms with van der Waals surface area (Å²) in [6, 6.07) is 7.91. The molecule has 0 saturated carbocycles. The number of hydrogen-bond acceptors (Lipinski definition) is 2. The molecule has 0 unspecified atom stereocenters. The van der Waals surface area contributed by atoms with Crippen LogP contribution in [0, 0.1) is 0 Å². The number of aryl methyl sites for hydroxylation is 2. The fourth-order valence-electron chi connectivity index (χ4n) is 1.74.